The Labute approximate surface area is 123 Å². The zero-order chi connectivity index (χ0) is 14.2. The lowest BCUT2D eigenvalue weighted by molar-refractivity contribution is -0.113. The number of carbonyl (C=O) groups is 1. The molecule has 0 aliphatic heterocycles. The first-order valence-corrected chi connectivity index (χ1v) is 7.47. The number of rotatable bonds is 6. The molecule has 1 N–H and O–H groups in total. The summed E-state index contributed by atoms with van der Waals surface area (Å²) >= 11 is 1.52. The molecule has 0 aliphatic carbocycles. The molecule has 0 aromatic heterocycles. The zero-order valence-corrected chi connectivity index (χ0v) is 12.2. The van der Waals surface area contributed by atoms with Gasteiger partial charge in [-0.2, -0.15) is 0 Å². The van der Waals surface area contributed by atoms with Crippen LogP contribution >= 0.6 is 11.8 Å². The highest BCUT2D eigenvalue weighted by Gasteiger charge is 2.04. The number of thioether (sulfide) groups is 1. The molecule has 0 unspecified atom stereocenters. The van der Waals surface area contributed by atoms with Crippen LogP contribution in [0.1, 0.15) is 6.92 Å². The molecule has 0 bridgehead atoms. The Morgan fingerprint density at radius 2 is 1.95 bits per heavy atom. The second-order valence-corrected chi connectivity index (χ2v) is 5.16. The average molecular weight is 287 g/mol. The fourth-order valence-electron chi connectivity index (χ4n) is 1.69. The Kier molecular flexibility index (Phi) is 5.50. The molecule has 20 heavy (non-hydrogen) atoms. The molecule has 104 valence electrons. The van der Waals surface area contributed by atoms with Crippen LogP contribution in [0, 0.1) is 0 Å². The summed E-state index contributed by atoms with van der Waals surface area (Å²) in [5.74, 6) is 1.14. The molecule has 3 nitrogen and oxygen atoms in total. The topological polar surface area (TPSA) is 38.3 Å². The smallest absolute Gasteiger partial charge is 0.234 e. The van der Waals surface area contributed by atoms with Gasteiger partial charge < -0.3 is 10.1 Å². The number of nitrogens with one attached hydrogen (secondary N) is 1. The molecule has 0 atom stereocenters. The molecule has 0 radical (unpaired) electrons. The minimum atomic E-state index is -0.0208. The van der Waals surface area contributed by atoms with Crippen molar-refractivity contribution in [2.75, 3.05) is 17.7 Å². The van der Waals surface area contributed by atoms with Crippen molar-refractivity contribution in [2.24, 2.45) is 0 Å². The monoisotopic (exact) mass is 287 g/mol. The number of amides is 1. The Bertz CT molecular complexity index is 557. The van der Waals surface area contributed by atoms with E-state index in [4.69, 9.17) is 4.74 Å². The lowest BCUT2D eigenvalue weighted by Gasteiger charge is -2.08. The maximum absolute atomic E-state index is 11.9. The maximum atomic E-state index is 11.9. The normalized spacial score (nSPS) is 10.1. The van der Waals surface area contributed by atoms with Gasteiger partial charge in [0.2, 0.25) is 5.91 Å². The lowest BCUT2D eigenvalue weighted by Crippen LogP contribution is -2.13. The summed E-state index contributed by atoms with van der Waals surface area (Å²) in [7, 11) is 0. The van der Waals surface area contributed by atoms with Crippen molar-refractivity contribution in [3.05, 3.63) is 54.6 Å². The van der Waals surface area contributed by atoms with Crippen molar-refractivity contribution in [3.8, 4) is 5.75 Å². The Morgan fingerprint density at radius 1 is 1.15 bits per heavy atom. The molecule has 2 aromatic rings. The van der Waals surface area contributed by atoms with Gasteiger partial charge in [0.1, 0.15) is 5.75 Å². The molecule has 2 rings (SSSR count). The standard InChI is InChI=1S/C16H17NO2S/c1-2-19-14-8-6-7-13(11-14)17-16(18)12-20-15-9-4-3-5-10-15/h3-11H,2,12H2,1H3,(H,17,18). The van der Waals surface area contributed by atoms with E-state index >= 15 is 0 Å². The van der Waals surface area contributed by atoms with Gasteiger partial charge in [-0.3, -0.25) is 4.79 Å². The average Bonchev–Trinajstić information content (AvgIpc) is 2.47. The lowest BCUT2D eigenvalue weighted by atomic mass is 10.3. The number of ether oxygens (including phenoxy) is 1. The predicted octanol–water partition coefficient (Wildman–Crippen LogP) is 3.82. The Balaban J connectivity index is 1.86. The summed E-state index contributed by atoms with van der Waals surface area (Å²) in [6.45, 7) is 2.54. The molecule has 0 spiro atoms. The zero-order valence-electron chi connectivity index (χ0n) is 11.3. The van der Waals surface area contributed by atoms with Crippen LogP contribution in [-0.2, 0) is 4.79 Å². The second kappa shape index (κ2) is 7.60. The van der Waals surface area contributed by atoms with Crippen LogP contribution in [0.25, 0.3) is 0 Å². The summed E-state index contributed by atoms with van der Waals surface area (Å²) in [5.41, 5.74) is 0.759. The van der Waals surface area contributed by atoms with Crippen LogP contribution in [0.15, 0.2) is 59.5 Å². The van der Waals surface area contributed by atoms with Crippen LogP contribution in [0.3, 0.4) is 0 Å². The third-order valence-electron chi connectivity index (χ3n) is 2.54. The van der Waals surface area contributed by atoms with Gasteiger partial charge in [-0.1, -0.05) is 24.3 Å². The molecule has 1 amide bonds. The van der Waals surface area contributed by atoms with E-state index in [1.54, 1.807) is 0 Å². The molecular formula is C16H17NO2S. The molecule has 0 fully saturated rings. The first-order chi connectivity index (χ1) is 9.78. The van der Waals surface area contributed by atoms with Crippen molar-refractivity contribution in [2.45, 2.75) is 11.8 Å². The summed E-state index contributed by atoms with van der Waals surface area (Å²) in [6, 6.07) is 17.3. The van der Waals surface area contributed by atoms with Gasteiger partial charge in [0.25, 0.3) is 0 Å². The van der Waals surface area contributed by atoms with E-state index in [0.29, 0.717) is 12.4 Å². The quantitative estimate of drug-likeness (QED) is 0.821. The first-order valence-electron chi connectivity index (χ1n) is 6.48. The summed E-state index contributed by atoms with van der Waals surface area (Å²) < 4.78 is 5.40. The third kappa shape index (κ3) is 4.63. The van der Waals surface area contributed by atoms with Gasteiger partial charge >= 0.3 is 0 Å². The molecule has 4 heteroatoms. The highest BCUT2D eigenvalue weighted by molar-refractivity contribution is 8.00. The van der Waals surface area contributed by atoms with Crippen molar-refractivity contribution >= 4 is 23.4 Å². The van der Waals surface area contributed by atoms with E-state index in [9.17, 15) is 4.79 Å². The van der Waals surface area contributed by atoms with E-state index in [1.807, 2.05) is 61.5 Å². The molecule has 0 aliphatic rings. The Morgan fingerprint density at radius 3 is 2.70 bits per heavy atom. The van der Waals surface area contributed by atoms with Gasteiger partial charge in [0.15, 0.2) is 0 Å². The van der Waals surface area contributed by atoms with Crippen LogP contribution in [0.2, 0.25) is 0 Å². The first kappa shape index (κ1) is 14.5. The SMILES string of the molecule is CCOc1cccc(NC(=O)CSc2ccccc2)c1. The van der Waals surface area contributed by atoms with Gasteiger partial charge in [0.05, 0.1) is 12.4 Å². The summed E-state index contributed by atoms with van der Waals surface area (Å²) in [5, 5.41) is 2.87. The van der Waals surface area contributed by atoms with Crippen molar-refractivity contribution in [1.82, 2.24) is 0 Å². The molecule has 0 saturated heterocycles. The fraction of sp³-hybridized carbons (Fsp3) is 0.188. The second-order valence-electron chi connectivity index (χ2n) is 4.11. The molecule has 2 aromatic carbocycles. The van der Waals surface area contributed by atoms with Gasteiger partial charge in [-0.15, -0.1) is 11.8 Å². The van der Waals surface area contributed by atoms with Crippen molar-refractivity contribution in [3.63, 3.8) is 0 Å². The van der Waals surface area contributed by atoms with Crippen molar-refractivity contribution in [1.29, 1.82) is 0 Å². The third-order valence-corrected chi connectivity index (χ3v) is 3.55. The van der Waals surface area contributed by atoms with Crippen LogP contribution in [0.5, 0.6) is 5.75 Å². The number of anilines is 1. The Hall–Kier alpha value is -1.94. The van der Waals surface area contributed by atoms with Crippen molar-refractivity contribution < 1.29 is 9.53 Å². The van der Waals surface area contributed by atoms with Gasteiger partial charge in [-0.05, 0) is 31.2 Å². The van der Waals surface area contributed by atoms with E-state index in [2.05, 4.69) is 5.32 Å². The minimum Gasteiger partial charge on any atom is -0.494 e. The summed E-state index contributed by atoms with van der Waals surface area (Å²) in [4.78, 5) is 13.0. The van der Waals surface area contributed by atoms with Crippen LogP contribution in [0.4, 0.5) is 5.69 Å². The highest BCUT2D eigenvalue weighted by Crippen LogP contribution is 2.19. The number of benzene rings is 2. The number of hydrogen-bond donors (Lipinski definition) is 1. The van der Waals surface area contributed by atoms with E-state index < -0.39 is 0 Å². The molecular weight excluding hydrogens is 270 g/mol. The summed E-state index contributed by atoms with van der Waals surface area (Å²) in [6.07, 6.45) is 0. The van der Waals surface area contributed by atoms with E-state index in [-0.39, 0.29) is 5.91 Å². The fourth-order valence-corrected chi connectivity index (χ4v) is 2.41. The number of carbonyl (C=O) groups excluding carboxylic acids is 1. The van der Waals surface area contributed by atoms with Gasteiger partial charge in [-0.25, -0.2) is 0 Å². The highest BCUT2D eigenvalue weighted by atomic mass is 32.2. The van der Waals surface area contributed by atoms with E-state index in [0.717, 1.165) is 16.3 Å². The van der Waals surface area contributed by atoms with E-state index in [1.165, 1.54) is 11.8 Å². The maximum Gasteiger partial charge on any atom is 0.234 e. The molecule has 0 heterocycles. The largest absolute Gasteiger partial charge is 0.494 e. The number of hydrogen-bond acceptors (Lipinski definition) is 3. The van der Waals surface area contributed by atoms with Crippen LogP contribution < -0.4 is 10.1 Å². The minimum absolute atomic E-state index is 0.0208. The predicted molar refractivity (Wildman–Crippen MR) is 83.4 cm³/mol. The van der Waals surface area contributed by atoms with Gasteiger partial charge in [0, 0.05) is 16.6 Å². The van der Waals surface area contributed by atoms with Crippen LogP contribution in [-0.4, -0.2) is 18.3 Å². The molecule has 0 saturated carbocycles.